The maximum Gasteiger partial charge on any atom is 0.246 e. The number of halogens is 1. The fourth-order valence-corrected chi connectivity index (χ4v) is 4.62. The number of nitrogens with one attached hydrogen (secondary N) is 1. The van der Waals surface area contributed by atoms with Crippen LogP contribution in [0.4, 0.5) is 0 Å². The molecule has 5 nitrogen and oxygen atoms in total. The van der Waals surface area contributed by atoms with Crippen molar-refractivity contribution in [3.8, 4) is 0 Å². The Labute approximate surface area is 163 Å². The van der Waals surface area contributed by atoms with Crippen LogP contribution in [0.5, 0.6) is 0 Å². The molecule has 1 N–H and O–H groups in total. The first kappa shape index (κ1) is 22.6. The molecule has 0 saturated carbocycles. The van der Waals surface area contributed by atoms with E-state index in [9.17, 15) is 9.59 Å². The minimum atomic E-state index is -0.251. The Balaban J connectivity index is 0.00000312. The summed E-state index contributed by atoms with van der Waals surface area (Å²) >= 11 is 1.70. The highest BCUT2D eigenvalue weighted by Crippen LogP contribution is 2.29. The highest BCUT2D eigenvalue weighted by atomic mass is 35.5. The summed E-state index contributed by atoms with van der Waals surface area (Å²) in [6.45, 7) is 8.95. The lowest BCUT2D eigenvalue weighted by Crippen LogP contribution is -2.51. The summed E-state index contributed by atoms with van der Waals surface area (Å²) in [7, 11) is 1.99. The van der Waals surface area contributed by atoms with Gasteiger partial charge in [-0.25, -0.2) is 0 Å². The smallest absolute Gasteiger partial charge is 0.246 e. The van der Waals surface area contributed by atoms with Crippen LogP contribution >= 0.6 is 24.2 Å². The minimum Gasteiger partial charge on any atom is -0.341 e. The number of nitrogens with zero attached hydrogens (tertiary/aromatic N) is 2. The van der Waals surface area contributed by atoms with Gasteiger partial charge in [0.1, 0.15) is 6.04 Å². The quantitative estimate of drug-likeness (QED) is 0.782. The second-order valence-corrected chi connectivity index (χ2v) is 9.28. The van der Waals surface area contributed by atoms with Gasteiger partial charge in [-0.3, -0.25) is 9.59 Å². The van der Waals surface area contributed by atoms with Gasteiger partial charge in [-0.1, -0.05) is 20.8 Å². The van der Waals surface area contributed by atoms with Gasteiger partial charge in [0.25, 0.3) is 0 Å². The lowest BCUT2D eigenvalue weighted by molar-refractivity contribution is -0.145. The fraction of sp³-hybridized carbons (Fsp3) is 0.889. The van der Waals surface area contributed by atoms with Crippen molar-refractivity contribution in [1.29, 1.82) is 0 Å². The zero-order chi connectivity index (χ0) is 17.7. The second-order valence-electron chi connectivity index (χ2n) is 8.28. The van der Waals surface area contributed by atoms with Gasteiger partial charge in [0.05, 0.1) is 5.88 Å². The molecule has 0 aromatic heterocycles. The topological polar surface area (TPSA) is 52.7 Å². The number of thioether (sulfide) groups is 1. The largest absolute Gasteiger partial charge is 0.341 e. The summed E-state index contributed by atoms with van der Waals surface area (Å²) in [5.41, 5.74) is -0.0381. The molecule has 2 rings (SSSR count). The molecular formula is C18H34ClN3O2S. The van der Waals surface area contributed by atoms with Crippen LogP contribution in [0.15, 0.2) is 0 Å². The van der Waals surface area contributed by atoms with Crippen molar-refractivity contribution in [3.63, 3.8) is 0 Å². The van der Waals surface area contributed by atoms with Crippen molar-refractivity contribution < 1.29 is 9.59 Å². The van der Waals surface area contributed by atoms with Gasteiger partial charge in [-0.2, -0.15) is 0 Å². The van der Waals surface area contributed by atoms with E-state index in [2.05, 4.69) is 26.1 Å². The van der Waals surface area contributed by atoms with Gasteiger partial charge in [-0.05, 0) is 44.2 Å². The molecule has 7 heteroatoms. The summed E-state index contributed by atoms with van der Waals surface area (Å²) in [6, 6.07) is -0.251. The van der Waals surface area contributed by atoms with Crippen LogP contribution in [0.1, 0.15) is 46.5 Å². The summed E-state index contributed by atoms with van der Waals surface area (Å²) in [5.74, 6) is 2.40. The molecule has 0 radical (unpaired) electrons. The van der Waals surface area contributed by atoms with E-state index in [1.807, 2.05) is 16.8 Å². The van der Waals surface area contributed by atoms with Gasteiger partial charge >= 0.3 is 0 Å². The first-order valence-electron chi connectivity index (χ1n) is 9.12. The molecule has 2 heterocycles. The van der Waals surface area contributed by atoms with Gasteiger partial charge < -0.3 is 15.1 Å². The number of rotatable bonds is 5. The Hall–Kier alpha value is -0.460. The van der Waals surface area contributed by atoms with E-state index in [-0.39, 0.29) is 35.7 Å². The van der Waals surface area contributed by atoms with E-state index in [1.54, 1.807) is 11.8 Å². The molecule has 2 amide bonds. The predicted molar refractivity (Wildman–Crippen MR) is 107 cm³/mol. The fourth-order valence-electron chi connectivity index (χ4n) is 3.45. The van der Waals surface area contributed by atoms with Crippen LogP contribution in [0.25, 0.3) is 0 Å². The van der Waals surface area contributed by atoms with Crippen LogP contribution in [-0.4, -0.2) is 66.0 Å². The molecule has 0 aromatic rings. The van der Waals surface area contributed by atoms with E-state index >= 15 is 0 Å². The third-order valence-electron chi connectivity index (χ3n) is 4.90. The zero-order valence-corrected chi connectivity index (χ0v) is 17.7. The number of piperidine rings is 1. The molecule has 2 fully saturated rings. The molecule has 1 atom stereocenters. The van der Waals surface area contributed by atoms with E-state index in [4.69, 9.17) is 0 Å². The Morgan fingerprint density at radius 1 is 1.20 bits per heavy atom. The number of likely N-dealkylation sites (tertiary alicyclic amines) is 1. The van der Waals surface area contributed by atoms with Crippen molar-refractivity contribution in [1.82, 2.24) is 15.1 Å². The lowest BCUT2D eigenvalue weighted by Gasteiger charge is -2.35. The molecular weight excluding hydrogens is 358 g/mol. The minimum absolute atomic E-state index is 0. The zero-order valence-electron chi connectivity index (χ0n) is 16.0. The van der Waals surface area contributed by atoms with Crippen LogP contribution in [0.3, 0.4) is 0 Å². The molecule has 0 aromatic carbocycles. The Kier molecular flexibility index (Phi) is 9.05. The number of hydrogen-bond donors (Lipinski definition) is 1. The lowest BCUT2D eigenvalue weighted by atomic mass is 9.91. The monoisotopic (exact) mass is 391 g/mol. The average molecular weight is 392 g/mol. The molecule has 146 valence electrons. The highest BCUT2D eigenvalue weighted by molar-refractivity contribution is 7.99. The van der Waals surface area contributed by atoms with Crippen molar-refractivity contribution in [2.45, 2.75) is 52.5 Å². The number of carbonyl (C=O) groups excluding carboxylic acids is 2. The molecule has 1 unspecified atom stereocenters. The van der Waals surface area contributed by atoms with Gasteiger partial charge in [0.15, 0.2) is 0 Å². The van der Waals surface area contributed by atoms with E-state index < -0.39 is 0 Å². The van der Waals surface area contributed by atoms with Crippen LogP contribution < -0.4 is 5.32 Å². The summed E-state index contributed by atoms with van der Waals surface area (Å²) in [5, 5.41) is 3.20. The van der Waals surface area contributed by atoms with Crippen molar-refractivity contribution in [2.75, 3.05) is 38.3 Å². The molecule has 2 aliphatic heterocycles. The Morgan fingerprint density at radius 2 is 1.84 bits per heavy atom. The third kappa shape index (κ3) is 6.65. The van der Waals surface area contributed by atoms with E-state index in [0.717, 1.165) is 44.1 Å². The van der Waals surface area contributed by atoms with Gasteiger partial charge in [-0.15, -0.1) is 24.2 Å². The Bertz CT molecular complexity index is 448. The normalized spacial score (nSPS) is 22.0. The summed E-state index contributed by atoms with van der Waals surface area (Å²) in [4.78, 5) is 29.3. The summed E-state index contributed by atoms with van der Waals surface area (Å²) < 4.78 is 0. The van der Waals surface area contributed by atoms with Crippen molar-refractivity contribution >= 4 is 36.0 Å². The number of hydrogen-bond acceptors (Lipinski definition) is 4. The third-order valence-corrected chi connectivity index (χ3v) is 5.91. The summed E-state index contributed by atoms with van der Waals surface area (Å²) in [6.07, 6.45) is 3.86. The Morgan fingerprint density at radius 3 is 2.40 bits per heavy atom. The van der Waals surface area contributed by atoms with E-state index in [1.165, 1.54) is 6.42 Å². The highest BCUT2D eigenvalue weighted by Gasteiger charge is 2.38. The molecule has 0 aliphatic carbocycles. The van der Waals surface area contributed by atoms with Gasteiger partial charge in [0.2, 0.25) is 11.8 Å². The first-order valence-corrected chi connectivity index (χ1v) is 10.3. The second kappa shape index (κ2) is 10.0. The van der Waals surface area contributed by atoms with Crippen LogP contribution in [0, 0.1) is 11.3 Å². The molecule has 2 saturated heterocycles. The van der Waals surface area contributed by atoms with Crippen LogP contribution in [0.2, 0.25) is 0 Å². The van der Waals surface area contributed by atoms with Gasteiger partial charge in [0, 0.05) is 25.3 Å². The number of amides is 2. The van der Waals surface area contributed by atoms with Crippen LogP contribution in [-0.2, 0) is 9.59 Å². The van der Waals surface area contributed by atoms with E-state index in [0.29, 0.717) is 12.3 Å². The van der Waals surface area contributed by atoms with Crippen molar-refractivity contribution in [2.24, 2.45) is 11.3 Å². The molecule has 25 heavy (non-hydrogen) atoms. The first-order chi connectivity index (χ1) is 11.3. The molecule has 0 bridgehead atoms. The predicted octanol–water partition coefficient (Wildman–Crippen LogP) is 2.59. The molecule has 0 spiro atoms. The standard InChI is InChI=1S/C18H33N3O2S.ClH/c1-18(2,3)11-16(22)21-13-24-12-15(21)17(23)20-9-6-14(7-10-20)5-8-19-4;/h14-15,19H,5-13H2,1-4H3;1H. The molecule has 2 aliphatic rings. The maximum absolute atomic E-state index is 12.9. The average Bonchev–Trinajstić information content (AvgIpc) is 3.01. The van der Waals surface area contributed by atoms with Crippen molar-refractivity contribution in [3.05, 3.63) is 0 Å². The maximum atomic E-state index is 12.9. The SMILES string of the molecule is CNCCC1CCN(C(=O)C2CSCN2C(=O)CC(C)(C)C)CC1.Cl. The number of carbonyl (C=O) groups is 2.